The quantitative estimate of drug-likeness (QED) is 0.506. The van der Waals surface area contributed by atoms with E-state index >= 15 is 0 Å². The highest BCUT2D eigenvalue weighted by molar-refractivity contribution is 7.91. The van der Waals surface area contributed by atoms with E-state index in [1.165, 1.54) is 0 Å². The van der Waals surface area contributed by atoms with Gasteiger partial charge in [0.1, 0.15) is 5.75 Å². The molecule has 2 aromatic rings. The molecule has 0 unspecified atom stereocenters. The Morgan fingerprint density at radius 2 is 1.90 bits per heavy atom. The van der Waals surface area contributed by atoms with Crippen molar-refractivity contribution in [3.05, 3.63) is 53.3 Å². The summed E-state index contributed by atoms with van der Waals surface area (Å²) in [5.74, 6) is -0.170. The molecule has 0 amide bonds. The number of aromatic nitrogens is 1. The molecule has 0 saturated carbocycles. The van der Waals surface area contributed by atoms with Crippen molar-refractivity contribution in [1.29, 1.82) is 0 Å². The van der Waals surface area contributed by atoms with Gasteiger partial charge in [-0.1, -0.05) is 18.2 Å². The van der Waals surface area contributed by atoms with Crippen LogP contribution < -0.4 is 4.74 Å². The summed E-state index contributed by atoms with van der Waals surface area (Å²) >= 11 is 0. The standard InChI is InChI=1S/C21H25NO6S/c1-14-11-19(15(2)22(14)17-9-10-29(25,26)13-17)20(23)12-27-21(24)16(3)28-18-7-5-4-6-8-18/h4-8,11,16-17H,9-10,12-13H2,1-3H3/t16-,17+/m0/s1. The van der Waals surface area contributed by atoms with Crippen molar-refractivity contribution in [2.45, 2.75) is 39.3 Å². The summed E-state index contributed by atoms with van der Waals surface area (Å²) in [6.45, 7) is 4.80. The van der Waals surface area contributed by atoms with Gasteiger partial charge in [-0.3, -0.25) is 4.79 Å². The van der Waals surface area contributed by atoms with Crippen LogP contribution in [0.15, 0.2) is 36.4 Å². The Balaban J connectivity index is 1.62. The third-order valence-electron chi connectivity index (χ3n) is 5.09. The second kappa shape index (κ2) is 8.41. The van der Waals surface area contributed by atoms with Crippen LogP contribution in [0.1, 0.15) is 41.1 Å². The topological polar surface area (TPSA) is 91.7 Å². The fraction of sp³-hybridized carbons (Fsp3) is 0.429. The van der Waals surface area contributed by atoms with E-state index in [0.717, 1.165) is 5.69 Å². The third kappa shape index (κ3) is 4.87. The van der Waals surface area contributed by atoms with E-state index in [4.69, 9.17) is 9.47 Å². The molecule has 0 spiro atoms. The molecule has 8 heteroatoms. The first kappa shape index (κ1) is 21.1. The Bertz CT molecular complexity index is 1010. The van der Waals surface area contributed by atoms with Gasteiger partial charge in [0.2, 0.25) is 5.78 Å². The van der Waals surface area contributed by atoms with Crippen LogP contribution in [-0.4, -0.2) is 49.0 Å². The van der Waals surface area contributed by atoms with Crippen molar-refractivity contribution in [1.82, 2.24) is 4.57 Å². The van der Waals surface area contributed by atoms with Crippen molar-refractivity contribution >= 4 is 21.6 Å². The monoisotopic (exact) mass is 419 g/mol. The minimum absolute atomic E-state index is 0.0836. The molecule has 1 saturated heterocycles. The largest absolute Gasteiger partial charge is 0.479 e. The lowest BCUT2D eigenvalue weighted by Gasteiger charge is -2.16. The molecule has 1 fully saturated rings. The number of esters is 1. The average Bonchev–Trinajstić information content (AvgIpc) is 3.18. The number of benzene rings is 1. The Hall–Kier alpha value is -2.61. The molecule has 29 heavy (non-hydrogen) atoms. The van der Waals surface area contributed by atoms with Crippen LogP contribution in [0.5, 0.6) is 5.75 Å². The molecule has 0 radical (unpaired) electrons. The minimum Gasteiger partial charge on any atom is -0.479 e. The Morgan fingerprint density at radius 1 is 1.21 bits per heavy atom. The summed E-state index contributed by atoms with van der Waals surface area (Å²) in [5.41, 5.74) is 1.95. The van der Waals surface area contributed by atoms with Gasteiger partial charge in [-0.15, -0.1) is 0 Å². The first-order valence-corrected chi connectivity index (χ1v) is 11.3. The van der Waals surface area contributed by atoms with Crippen molar-refractivity contribution in [2.24, 2.45) is 0 Å². The molecule has 2 atom stereocenters. The first-order chi connectivity index (χ1) is 13.7. The van der Waals surface area contributed by atoms with Gasteiger partial charge in [-0.05, 0) is 45.4 Å². The zero-order valence-electron chi connectivity index (χ0n) is 16.8. The van der Waals surface area contributed by atoms with Crippen molar-refractivity contribution in [3.63, 3.8) is 0 Å². The van der Waals surface area contributed by atoms with E-state index in [1.54, 1.807) is 44.2 Å². The number of carbonyl (C=O) groups excluding carboxylic acids is 2. The first-order valence-electron chi connectivity index (χ1n) is 9.48. The van der Waals surface area contributed by atoms with Gasteiger partial charge in [0.25, 0.3) is 0 Å². The van der Waals surface area contributed by atoms with Gasteiger partial charge in [0.05, 0.1) is 11.5 Å². The highest BCUT2D eigenvalue weighted by atomic mass is 32.2. The summed E-state index contributed by atoms with van der Waals surface area (Å²) in [5, 5.41) is 0. The summed E-state index contributed by atoms with van der Waals surface area (Å²) in [6, 6.07) is 10.4. The molecule has 3 rings (SSSR count). The van der Waals surface area contributed by atoms with E-state index in [1.807, 2.05) is 17.6 Å². The van der Waals surface area contributed by atoms with E-state index in [0.29, 0.717) is 23.4 Å². The predicted octanol–water partition coefficient (Wildman–Crippen LogP) is 2.66. The number of sulfone groups is 1. The SMILES string of the molecule is Cc1cc(C(=O)COC(=O)[C@H](C)Oc2ccccc2)c(C)n1[C@@H]1CCS(=O)(=O)C1. The fourth-order valence-corrected chi connectivity index (χ4v) is 5.38. The Kier molecular flexibility index (Phi) is 6.12. The molecule has 0 N–H and O–H groups in total. The normalized spacial score (nSPS) is 18.9. The number of ether oxygens (including phenoxy) is 2. The van der Waals surface area contributed by atoms with Crippen LogP contribution in [0.4, 0.5) is 0 Å². The number of rotatable bonds is 7. The second-order valence-corrected chi connectivity index (χ2v) is 9.54. The number of hydrogen-bond donors (Lipinski definition) is 0. The second-order valence-electron chi connectivity index (χ2n) is 7.32. The molecule has 0 aliphatic carbocycles. The maximum absolute atomic E-state index is 12.6. The zero-order chi connectivity index (χ0) is 21.2. The van der Waals surface area contributed by atoms with Gasteiger partial charge in [0.15, 0.2) is 22.5 Å². The summed E-state index contributed by atoms with van der Waals surface area (Å²) in [4.78, 5) is 24.8. The van der Waals surface area contributed by atoms with Crippen molar-refractivity contribution < 1.29 is 27.5 Å². The number of hydrogen-bond acceptors (Lipinski definition) is 6. The maximum Gasteiger partial charge on any atom is 0.347 e. The van der Waals surface area contributed by atoms with E-state index in [9.17, 15) is 18.0 Å². The molecule has 1 aliphatic heterocycles. The smallest absolute Gasteiger partial charge is 0.347 e. The molecule has 1 aliphatic rings. The van der Waals surface area contributed by atoms with Gasteiger partial charge in [-0.25, -0.2) is 13.2 Å². The molecular formula is C21H25NO6S. The van der Waals surface area contributed by atoms with Crippen molar-refractivity contribution in [2.75, 3.05) is 18.1 Å². The van der Waals surface area contributed by atoms with Crippen LogP contribution in [0, 0.1) is 13.8 Å². The molecule has 1 aromatic carbocycles. The summed E-state index contributed by atoms with van der Waals surface area (Å²) in [7, 11) is -3.03. The van der Waals surface area contributed by atoms with Crippen LogP contribution in [-0.2, 0) is 19.4 Å². The van der Waals surface area contributed by atoms with Crippen LogP contribution in [0.3, 0.4) is 0 Å². The van der Waals surface area contributed by atoms with Gasteiger partial charge in [-0.2, -0.15) is 0 Å². The Morgan fingerprint density at radius 3 is 2.52 bits per heavy atom. The van der Waals surface area contributed by atoms with Crippen molar-refractivity contribution in [3.8, 4) is 5.75 Å². The average molecular weight is 419 g/mol. The third-order valence-corrected chi connectivity index (χ3v) is 6.84. The lowest BCUT2D eigenvalue weighted by atomic mass is 10.1. The lowest BCUT2D eigenvalue weighted by Crippen LogP contribution is -2.28. The number of Topliss-reactive ketones (excluding diaryl/α,β-unsaturated/α-hetero) is 1. The highest BCUT2D eigenvalue weighted by Gasteiger charge is 2.32. The van der Waals surface area contributed by atoms with Crippen LogP contribution in [0.25, 0.3) is 0 Å². The number of carbonyl (C=O) groups is 2. The Labute approximate surface area is 170 Å². The summed E-state index contributed by atoms with van der Waals surface area (Å²) < 4.78 is 36.1. The molecule has 156 valence electrons. The van der Waals surface area contributed by atoms with Crippen LogP contribution >= 0.6 is 0 Å². The number of aryl methyl sites for hydroxylation is 1. The zero-order valence-corrected chi connectivity index (χ0v) is 17.6. The molecule has 0 bridgehead atoms. The van der Waals surface area contributed by atoms with Gasteiger partial charge in [0, 0.05) is 23.0 Å². The number of para-hydroxylation sites is 1. The number of ketones is 1. The predicted molar refractivity (Wildman–Crippen MR) is 108 cm³/mol. The molecule has 7 nitrogen and oxygen atoms in total. The fourth-order valence-electron chi connectivity index (χ4n) is 3.68. The van der Waals surface area contributed by atoms with Crippen LogP contribution in [0.2, 0.25) is 0 Å². The summed E-state index contributed by atoms with van der Waals surface area (Å²) in [6.07, 6.45) is -0.309. The highest BCUT2D eigenvalue weighted by Crippen LogP contribution is 2.29. The number of nitrogens with zero attached hydrogens (tertiary/aromatic N) is 1. The maximum atomic E-state index is 12.6. The lowest BCUT2D eigenvalue weighted by molar-refractivity contribution is -0.149. The molecule has 2 heterocycles. The molecular weight excluding hydrogens is 394 g/mol. The minimum atomic E-state index is -3.03. The van der Waals surface area contributed by atoms with Gasteiger partial charge >= 0.3 is 5.97 Å². The van der Waals surface area contributed by atoms with E-state index in [2.05, 4.69) is 0 Å². The molecule has 1 aromatic heterocycles. The van der Waals surface area contributed by atoms with Gasteiger partial charge < -0.3 is 14.0 Å². The van der Waals surface area contributed by atoms with E-state index in [-0.39, 0.29) is 23.3 Å². The van der Waals surface area contributed by atoms with E-state index < -0.39 is 28.5 Å².